The molecule has 0 atom stereocenters. The van der Waals surface area contributed by atoms with E-state index >= 15 is 0 Å². The molecule has 0 bridgehead atoms. The van der Waals surface area contributed by atoms with E-state index in [2.05, 4.69) is 20.0 Å². The third kappa shape index (κ3) is 30.2. The molecule has 0 aliphatic heterocycles. The molecule has 2 aromatic carbocycles. The molecule has 4 aromatic rings. The van der Waals surface area contributed by atoms with Crippen molar-refractivity contribution >= 4 is 12.4 Å². The summed E-state index contributed by atoms with van der Waals surface area (Å²) in [7, 11) is -6.78. The fourth-order valence-electron chi connectivity index (χ4n) is 3.07. The number of pyridine rings is 2. The summed E-state index contributed by atoms with van der Waals surface area (Å²) in [5.74, 6) is 1.18. The molecule has 52 heavy (non-hydrogen) atoms. The van der Waals surface area contributed by atoms with E-state index in [0.29, 0.717) is 48.8 Å². The van der Waals surface area contributed by atoms with Crippen molar-refractivity contribution in [2.24, 2.45) is 21.5 Å². The van der Waals surface area contributed by atoms with Crippen LogP contribution in [0, 0.1) is 20.5 Å². The molecule has 0 spiro atoms. The number of aliphatic imine (C=N–C) groups is 2. The van der Waals surface area contributed by atoms with E-state index < -0.39 is 20.5 Å². The van der Waals surface area contributed by atoms with E-state index in [-0.39, 0.29) is 45.6 Å². The largest absolute Gasteiger partial charge is 2.00 e. The van der Waals surface area contributed by atoms with Crippen LogP contribution < -0.4 is 68.4 Å². The summed E-state index contributed by atoms with van der Waals surface area (Å²) in [6.07, 6.45) is 10.2. The van der Waals surface area contributed by atoms with Crippen LogP contribution in [0.1, 0.15) is 11.1 Å². The van der Waals surface area contributed by atoms with E-state index in [4.69, 9.17) is 58.2 Å². The Morgan fingerprint density at radius 3 is 1.12 bits per heavy atom. The summed E-state index contributed by atoms with van der Waals surface area (Å²) in [4.78, 5) is 15.9. The van der Waals surface area contributed by atoms with Crippen molar-refractivity contribution in [2.75, 3.05) is 40.4 Å². The van der Waals surface area contributed by atoms with Crippen molar-refractivity contribution in [3.8, 4) is 34.1 Å². The first kappa shape index (κ1) is 52.9. The Labute approximate surface area is 325 Å². The molecule has 0 aliphatic carbocycles. The van der Waals surface area contributed by atoms with E-state index in [1.807, 2.05) is 24.3 Å². The monoisotopic (exact) mass is 866 g/mol. The third-order valence-corrected chi connectivity index (χ3v) is 5.11. The summed E-state index contributed by atoms with van der Waals surface area (Å²) in [5.41, 5.74) is 13.9. The second-order valence-corrected chi connectivity index (χ2v) is 10.2. The zero-order valence-corrected chi connectivity index (χ0v) is 30.7. The summed E-state index contributed by atoms with van der Waals surface area (Å²) >= 11 is 0. The zero-order valence-electron chi connectivity index (χ0n) is 27.3. The van der Waals surface area contributed by atoms with Crippen molar-refractivity contribution in [1.82, 2.24) is 9.97 Å². The van der Waals surface area contributed by atoms with Crippen molar-refractivity contribution in [1.29, 1.82) is 0 Å². The summed E-state index contributed by atoms with van der Waals surface area (Å²) in [6.45, 7) is 2.01. The first-order valence-electron chi connectivity index (χ1n) is 13.7. The minimum absolute atomic E-state index is 0. The van der Waals surface area contributed by atoms with E-state index in [1.54, 1.807) is 63.3 Å². The van der Waals surface area contributed by atoms with E-state index in [0.717, 1.165) is 0 Å². The molecule has 0 fully saturated rings. The van der Waals surface area contributed by atoms with Gasteiger partial charge >= 0.3 is 34.1 Å². The Bertz CT molecular complexity index is 1410. The molecule has 2 aromatic heterocycles. The molecule has 0 saturated carbocycles. The van der Waals surface area contributed by atoms with E-state index in [9.17, 15) is 10.2 Å². The fraction of sp³-hybridized carbons (Fsp3) is 0.200. The average Bonchev–Trinajstić information content (AvgIpc) is 3.06. The van der Waals surface area contributed by atoms with Gasteiger partial charge < -0.3 is 31.2 Å². The number of methoxy groups -OCH3 is 2. The van der Waals surface area contributed by atoms with Gasteiger partial charge in [-0.2, -0.15) is 0 Å². The van der Waals surface area contributed by atoms with Crippen LogP contribution >= 0.6 is 0 Å². The SMILES string of the molecule is COc1ccc([O-])c(C=NCCN)c1.COc1ccc([O-])c(C=NCCN)c1.[Cu+2].[Cu+2].[O-][Cl+3]([O-])([O-])[O-].[O-][Cl+3]([O-])([O-])[O-].c1cc(-c2ccncc2)ccn1. The van der Waals surface area contributed by atoms with Crippen molar-refractivity contribution in [3.05, 3.63) is 96.6 Å². The van der Waals surface area contributed by atoms with Gasteiger partial charge in [0.25, 0.3) is 0 Å². The van der Waals surface area contributed by atoms with Gasteiger partial charge in [0, 0.05) is 50.3 Å². The van der Waals surface area contributed by atoms with Crippen LogP contribution in [-0.2, 0) is 34.1 Å². The van der Waals surface area contributed by atoms with Gasteiger partial charge in [0.2, 0.25) is 0 Å². The molecule has 292 valence electrons. The molecule has 2 radical (unpaired) electrons. The van der Waals surface area contributed by atoms with Crippen LogP contribution in [0.15, 0.2) is 95.4 Å². The third-order valence-electron chi connectivity index (χ3n) is 5.11. The molecule has 0 saturated heterocycles. The van der Waals surface area contributed by atoms with Crippen LogP contribution in [0.4, 0.5) is 0 Å². The summed E-state index contributed by atoms with van der Waals surface area (Å²) in [6, 6.07) is 17.4. The Hall–Kier alpha value is -3.50. The summed E-state index contributed by atoms with van der Waals surface area (Å²) in [5, 5.41) is 22.6. The van der Waals surface area contributed by atoms with Gasteiger partial charge in [0.15, 0.2) is 0 Å². The molecular formula is C30H34Cl2Cu2N6O12. The number of ether oxygens (including phenoxy) is 2. The molecule has 0 unspecified atom stereocenters. The van der Waals surface area contributed by atoms with Crippen molar-refractivity contribution in [3.63, 3.8) is 0 Å². The molecule has 18 nitrogen and oxygen atoms in total. The first-order valence-corrected chi connectivity index (χ1v) is 16.1. The maximum atomic E-state index is 11.3. The van der Waals surface area contributed by atoms with Gasteiger partial charge in [-0.3, -0.25) is 20.0 Å². The van der Waals surface area contributed by atoms with Crippen molar-refractivity contribution in [2.45, 2.75) is 0 Å². The van der Waals surface area contributed by atoms with Gasteiger partial charge in [-0.25, -0.2) is 37.3 Å². The number of benzene rings is 2. The molecule has 0 amide bonds. The Morgan fingerprint density at radius 2 is 0.865 bits per heavy atom. The Morgan fingerprint density at radius 1 is 0.577 bits per heavy atom. The number of hydrogen-bond donors (Lipinski definition) is 2. The maximum Gasteiger partial charge on any atom is 2.00 e. The Balaban J connectivity index is -0.000000604. The predicted molar refractivity (Wildman–Crippen MR) is 155 cm³/mol. The molecule has 2 heterocycles. The zero-order chi connectivity index (χ0) is 38.0. The normalized spacial score (nSPS) is 10.3. The minimum Gasteiger partial charge on any atom is -0.872 e. The minimum atomic E-state index is -4.94. The van der Waals surface area contributed by atoms with Gasteiger partial charge in [-0.15, -0.1) is 20.5 Å². The second kappa shape index (κ2) is 30.0. The van der Waals surface area contributed by atoms with Crippen LogP contribution in [0.5, 0.6) is 23.0 Å². The van der Waals surface area contributed by atoms with Crippen LogP contribution in [0.2, 0.25) is 0 Å². The molecular weight excluding hydrogens is 834 g/mol. The smallest absolute Gasteiger partial charge is 0.872 e. The molecule has 0 aliphatic rings. The van der Waals surface area contributed by atoms with Gasteiger partial charge in [-0.05, 0) is 70.8 Å². The number of nitrogens with zero attached hydrogens (tertiary/aromatic N) is 4. The first-order chi connectivity index (χ1) is 23.5. The predicted octanol–water partition coefficient (Wildman–Crippen LogP) is -7.08. The topological polar surface area (TPSA) is 352 Å². The maximum absolute atomic E-state index is 11.3. The van der Waals surface area contributed by atoms with Gasteiger partial charge in [0.05, 0.1) is 27.3 Å². The molecule has 4 N–H and O–H groups in total. The average molecular weight is 869 g/mol. The van der Waals surface area contributed by atoms with Crippen LogP contribution in [0.3, 0.4) is 0 Å². The Kier molecular flexibility index (Phi) is 30.5. The quantitative estimate of drug-likeness (QED) is 0.117. The second-order valence-electron chi connectivity index (χ2n) is 8.68. The fourth-order valence-corrected chi connectivity index (χ4v) is 3.07. The summed E-state index contributed by atoms with van der Waals surface area (Å²) < 4.78 is 77.9. The van der Waals surface area contributed by atoms with Gasteiger partial charge in [0.1, 0.15) is 11.5 Å². The number of nitrogens with two attached hydrogens (primary N) is 2. The van der Waals surface area contributed by atoms with Crippen LogP contribution in [-0.4, -0.2) is 62.8 Å². The number of aromatic nitrogens is 2. The molecule has 4 rings (SSSR count). The standard InChI is InChI=1S/2C10H14N2O2.C10H8N2.2ClHO4.2Cu/c2*1-14-9-2-3-10(13)8(6-9)7-12-5-4-11;1-5-11-6-2-9(1)10-3-7-12-8-4-10;2*2-1(3,4)5;;/h2*2-3,6-7,13H,4-5,11H2,1H3;1-8H;2*(H,2,3,4,5);;/q;;;;;2*+2/p-4. The van der Waals surface area contributed by atoms with Crippen molar-refractivity contribution < 1.29 is 112 Å². The van der Waals surface area contributed by atoms with Crippen LogP contribution in [0.25, 0.3) is 11.1 Å². The molecule has 22 heteroatoms. The van der Waals surface area contributed by atoms with Gasteiger partial charge in [-0.1, -0.05) is 23.6 Å². The number of hydrogen-bond acceptors (Lipinski definition) is 18. The number of halogens is 2. The van der Waals surface area contributed by atoms with E-state index in [1.165, 1.54) is 35.7 Å². The number of rotatable bonds is 9.